The highest BCUT2D eigenvalue weighted by Gasteiger charge is 2.23. The third-order valence-electron chi connectivity index (χ3n) is 3.70. The van der Waals surface area contributed by atoms with Gasteiger partial charge in [0.2, 0.25) is 0 Å². The van der Waals surface area contributed by atoms with E-state index in [1.165, 1.54) is 11.1 Å². The molecule has 0 amide bonds. The maximum Gasteiger partial charge on any atom is 0.133 e. The lowest BCUT2D eigenvalue weighted by Gasteiger charge is -2.25. The Labute approximate surface area is 109 Å². The molecule has 18 heavy (non-hydrogen) atoms. The molecule has 96 valence electrons. The Morgan fingerprint density at radius 3 is 2.56 bits per heavy atom. The number of Topliss-reactive ketones (excluding diaryl/α,β-unsaturated/α-hetero) is 1. The van der Waals surface area contributed by atoms with Crippen molar-refractivity contribution in [1.29, 1.82) is 0 Å². The predicted octanol–water partition coefficient (Wildman–Crippen LogP) is 3.69. The Morgan fingerprint density at radius 2 is 2.06 bits per heavy atom. The second-order valence-corrected chi connectivity index (χ2v) is 4.89. The van der Waals surface area contributed by atoms with E-state index < -0.39 is 0 Å². The quantitative estimate of drug-likeness (QED) is 0.755. The second-order valence-electron chi connectivity index (χ2n) is 4.89. The van der Waals surface area contributed by atoms with Gasteiger partial charge in [-0.25, -0.2) is 0 Å². The maximum absolute atomic E-state index is 11.4. The van der Waals surface area contributed by atoms with Gasteiger partial charge < -0.3 is 4.74 Å². The van der Waals surface area contributed by atoms with E-state index in [4.69, 9.17) is 4.74 Å². The first-order valence-electron chi connectivity index (χ1n) is 6.49. The average Bonchev–Trinajstić information content (AvgIpc) is 2.41. The zero-order valence-electron chi connectivity index (χ0n) is 11.1. The van der Waals surface area contributed by atoms with Gasteiger partial charge in [-0.05, 0) is 37.3 Å². The fourth-order valence-electron chi connectivity index (χ4n) is 2.59. The van der Waals surface area contributed by atoms with Gasteiger partial charge in [0.1, 0.15) is 11.9 Å². The van der Waals surface area contributed by atoms with Crippen LogP contribution < -0.4 is 0 Å². The minimum atomic E-state index is 0.0408. The Balaban J connectivity index is 2.13. The molecule has 0 aromatic heterocycles. The van der Waals surface area contributed by atoms with Crippen LogP contribution >= 0.6 is 0 Å². The van der Waals surface area contributed by atoms with Gasteiger partial charge >= 0.3 is 0 Å². The third-order valence-corrected chi connectivity index (χ3v) is 3.70. The van der Waals surface area contributed by atoms with Crippen LogP contribution in [0, 0.1) is 5.92 Å². The van der Waals surface area contributed by atoms with E-state index in [9.17, 15) is 4.79 Å². The molecular weight excluding hydrogens is 224 g/mol. The average molecular weight is 244 g/mol. The van der Waals surface area contributed by atoms with Crippen molar-refractivity contribution in [2.24, 2.45) is 5.92 Å². The first kappa shape index (κ1) is 13.0. The summed E-state index contributed by atoms with van der Waals surface area (Å²) in [7, 11) is 1.75. The third kappa shape index (κ3) is 2.88. The molecule has 0 radical (unpaired) electrons. The van der Waals surface area contributed by atoms with E-state index in [-0.39, 0.29) is 12.0 Å². The van der Waals surface area contributed by atoms with Crippen LogP contribution in [0.2, 0.25) is 0 Å². The summed E-state index contributed by atoms with van der Waals surface area (Å²) in [6, 6.07) is 10.3. The molecule has 2 atom stereocenters. The number of methoxy groups -OCH3 is 1. The van der Waals surface area contributed by atoms with Crippen LogP contribution in [0.5, 0.6) is 0 Å². The highest BCUT2D eigenvalue weighted by atomic mass is 16.5. The van der Waals surface area contributed by atoms with Gasteiger partial charge in [-0.1, -0.05) is 36.4 Å². The summed E-state index contributed by atoms with van der Waals surface area (Å²) < 4.78 is 5.62. The van der Waals surface area contributed by atoms with Crippen molar-refractivity contribution in [2.75, 3.05) is 7.11 Å². The van der Waals surface area contributed by atoms with Gasteiger partial charge in [0.05, 0.1) is 0 Å². The number of hydrogen-bond donors (Lipinski definition) is 0. The minimum Gasteiger partial charge on any atom is -0.372 e. The van der Waals surface area contributed by atoms with Crippen molar-refractivity contribution in [2.45, 2.75) is 32.3 Å². The molecule has 2 unspecified atom stereocenters. The van der Waals surface area contributed by atoms with Gasteiger partial charge in [-0.15, -0.1) is 0 Å². The lowest BCUT2D eigenvalue weighted by molar-refractivity contribution is -0.120. The molecular formula is C16H20O2. The largest absolute Gasteiger partial charge is 0.372 e. The number of hydrogen-bond acceptors (Lipinski definition) is 2. The van der Waals surface area contributed by atoms with E-state index in [0.717, 1.165) is 19.3 Å². The van der Waals surface area contributed by atoms with Crippen molar-refractivity contribution in [3.05, 3.63) is 47.5 Å². The van der Waals surface area contributed by atoms with Crippen LogP contribution in [0.4, 0.5) is 0 Å². The summed E-state index contributed by atoms with van der Waals surface area (Å²) >= 11 is 0. The monoisotopic (exact) mass is 244 g/mol. The summed E-state index contributed by atoms with van der Waals surface area (Å²) in [5.74, 6) is 0.515. The Kier molecular flexibility index (Phi) is 4.32. The van der Waals surface area contributed by atoms with Crippen molar-refractivity contribution >= 4 is 5.78 Å². The SMILES string of the molecule is COC(C1=CCC(C(C)=O)CC1)c1ccccc1. The van der Waals surface area contributed by atoms with Crippen molar-refractivity contribution in [3.63, 3.8) is 0 Å². The van der Waals surface area contributed by atoms with Crippen LogP contribution in [0.1, 0.15) is 37.9 Å². The summed E-state index contributed by atoms with van der Waals surface area (Å²) in [5, 5.41) is 0. The van der Waals surface area contributed by atoms with Gasteiger partial charge in [-0.3, -0.25) is 4.79 Å². The summed E-state index contributed by atoms with van der Waals surface area (Å²) in [4.78, 5) is 11.4. The molecule has 0 fully saturated rings. The number of ketones is 1. The van der Waals surface area contributed by atoms with Crippen LogP contribution in [-0.2, 0) is 9.53 Å². The van der Waals surface area contributed by atoms with Crippen LogP contribution in [0.3, 0.4) is 0 Å². The summed E-state index contributed by atoms with van der Waals surface area (Å²) in [5.41, 5.74) is 2.49. The first-order valence-corrected chi connectivity index (χ1v) is 6.49. The standard InChI is InChI=1S/C16H20O2/c1-12(17)13-8-10-15(11-9-13)16(18-2)14-6-4-3-5-7-14/h3-7,10,13,16H,8-9,11H2,1-2H3. The molecule has 0 aliphatic heterocycles. The molecule has 2 rings (SSSR count). The molecule has 2 heteroatoms. The number of benzene rings is 1. The van der Waals surface area contributed by atoms with E-state index in [1.54, 1.807) is 14.0 Å². The summed E-state index contributed by atoms with van der Waals surface area (Å²) in [6.45, 7) is 1.69. The second kappa shape index (κ2) is 5.96. The topological polar surface area (TPSA) is 26.3 Å². The van der Waals surface area contributed by atoms with Gasteiger partial charge in [0, 0.05) is 13.0 Å². The van der Waals surface area contributed by atoms with E-state index in [2.05, 4.69) is 18.2 Å². The number of ether oxygens (including phenoxy) is 1. The Bertz CT molecular complexity index is 434. The number of rotatable bonds is 4. The van der Waals surface area contributed by atoms with Crippen molar-refractivity contribution < 1.29 is 9.53 Å². The maximum atomic E-state index is 11.4. The minimum absolute atomic E-state index is 0.0408. The molecule has 1 aliphatic carbocycles. The molecule has 0 saturated heterocycles. The lowest BCUT2D eigenvalue weighted by Crippen LogP contribution is -2.17. The molecule has 2 nitrogen and oxygen atoms in total. The van der Waals surface area contributed by atoms with Gasteiger partial charge in [-0.2, -0.15) is 0 Å². The zero-order valence-corrected chi connectivity index (χ0v) is 11.1. The van der Waals surface area contributed by atoms with E-state index >= 15 is 0 Å². The highest BCUT2D eigenvalue weighted by molar-refractivity contribution is 5.78. The molecule has 1 aromatic carbocycles. The summed E-state index contributed by atoms with van der Waals surface area (Å²) in [6.07, 6.45) is 5.00. The van der Waals surface area contributed by atoms with Crippen molar-refractivity contribution in [1.82, 2.24) is 0 Å². The molecule has 0 N–H and O–H groups in total. The molecule has 0 bridgehead atoms. The molecule has 0 saturated carbocycles. The molecule has 1 aromatic rings. The first-order chi connectivity index (χ1) is 8.72. The Hall–Kier alpha value is -1.41. The Morgan fingerprint density at radius 1 is 1.33 bits per heavy atom. The smallest absolute Gasteiger partial charge is 0.133 e. The normalized spacial score (nSPS) is 21.2. The molecule has 1 aliphatic rings. The van der Waals surface area contributed by atoms with Gasteiger partial charge in [0.15, 0.2) is 0 Å². The molecule has 0 spiro atoms. The lowest BCUT2D eigenvalue weighted by atomic mass is 9.84. The fourth-order valence-corrected chi connectivity index (χ4v) is 2.59. The number of carbonyl (C=O) groups is 1. The van der Waals surface area contributed by atoms with Crippen LogP contribution in [0.25, 0.3) is 0 Å². The predicted molar refractivity (Wildman–Crippen MR) is 72.3 cm³/mol. The highest BCUT2D eigenvalue weighted by Crippen LogP contribution is 2.34. The van der Waals surface area contributed by atoms with Crippen molar-refractivity contribution in [3.8, 4) is 0 Å². The number of carbonyl (C=O) groups excluding carboxylic acids is 1. The fraction of sp³-hybridized carbons (Fsp3) is 0.438. The van der Waals surface area contributed by atoms with E-state index in [0.29, 0.717) is 5.78 Å². The zero-order chi connectivity index (χ0) is 13.0. The van der Waals surface area contributed by atoms with Gasteiger partial charge in [0.25, 0.3) is 0 Å². The number of allylic oxidation sites excluding steroid dienone is 1. The van der Waals surface area contributed by atoms with Crippen LogP contribution in [-0.4, -0.2) is 12.9 Å². The van der Waals surface area contributed by atoms with E-state index in [1.807, 2.05) is 18.2 Å². The van der Waals surface area contributed by atoms with Crippen LogP contribution in [0.15, 0.2) is 42.0 Å². The molecule has 0 heterocycles.